The van der Waals surface area contributed by atoms with Gasteiger partial charge in [0.1, 0.15) is 0 Å². The molecule has 0 saturated carbocycles. The van der Waals surface area contributed by atoms with Crippen LogP contribution in [0.1, 0.15) is 45.2 Å². The van der Waals surface area contributed by atoms with E-state index in [1.807, 2.05) is 37.3 Å². The molecular weight excluding hydrogens is 450 g/mol. The maximum Gasteiger partial charge on any atom is 0.308 e. The minimum Gasteiger partial charge on any atom is -0.466 e. The van der Waals surface area contributed by atoms with E-state index < -0.39 is 0 Å². The normalized spacial score (nSPS) is 12.0. The fraction of sp³-hybridized carbons (Fsp3) is 0.296. The third-order valence-corrected chi connectivity index (χ3v) is 6.18. The van der Waals surface area contributed by atoms with Crippen LogP contribution in [0.15, 0.2) is 66.7 Å². The number of benzene rings is 2. The Morgan fingerprint density at radius 3 is 2.24 bits per heavy atom. The van der Waals surface area contributed by atoms with Crippen LogP contribution in [0.25, 0.3) is 11.1 Å². The Kier molecular flexibility index (Phi) is 11.2. The Labute approximate surface area is 204 Å². The largest absolute Gasteiger partial charge is 0.466 e. The second kappa shape index (κ2) is 14.1. The molecule has 0 saturated heterocycles. The fourth-order valence-corrected chi connectivity index (χ4v) is 4.27. The molecule has 2 N–H and O–H groups in total. The van der Waals surface area contributed by atoms with E-state index in [0.717, 1.165) is 41.4 Å². The zero-order valence-electron chi connectivity index (χ0n) is 19.7. The van der Waals surface area contributed by atoms with Crippen molar-refractivity contribution in [2.75, 3.05) is 13.7 Å². The molecule has 0 aliphatic carbocycles. The van der Waals surface area contributed by atoms with Gasteiger partial charge < -0.3 is 15.2 Å². The average molecular weight is 482 g/mol. The van der Waals surface area contributed by atoms with Gasteiger partial charge in [-0.25, -0.2) is 0 Å². The lowest BCUT2D eigenvalue weighted by molar-refractivity contribution is -0.147. The zero-order valence-corrected chi connectivity index (χ0v) is 20.5. The summed E-state index contributed by atoms with van der Waals surface area (Å²) < 4.78 is 5.14. The minimum absolute atomic E-state index is 0.245. The van der Waals surface area contributed by atoms with Crippen molar-refractivity contribution in [2.24, 2.45) is 5.92 Å². The number of amides is 1. The molecule has 2 atom stereocenters. The van der Waals surface area contributed by atoms with E-state index in [-0.39, 0.29) is 23.8 Å². The molecule has 3 rings (SSSR count). The number of ether oxygens (including phenoxy) is 1. The van der Waals surface area contributed by atoms with Crippen LogP contribution in [0.2, 0.25) is 0 Å². The Morgan fingerprint density at radius 2 is 1.65 bits per heavy atom. The highest BCUT2D eigenvalue weighted by Crippen LogP contribution is 2.21. The molecule has 0 aliphatic heterocycles. The molecule has 180 valence electrons. The van der Waals surface area contributed by atoms with Crippen molar-refractivity contribution in [3.8, 4) is 11.1 Å². The van der Waals surface area contributed by atoms with Crippen molar-refractivity contribution in [1.82, 2.24) is 5.32 Å². The van der Waals surface area contributed by atoms with E-state index in [9.17, 15) is 14.4 Å². The lowest BCUT2D eigenvalue weighted by Crippen LogP contribution is -2.38. The predicted molar refractivity (Wildman–Crippen MR) is 135 cm³/mol. The van der Waals surface area contributed by atoms with Crippen molar-refractivity contribution < 1.29 is 24.2 Å². The molecule has 0 spiro atoms. The number of aliphatic hydroxyl groups excluding tert-OH is 1. The van der Waals surface area contributed by atoms with Crippen LogP contribution >= 0.6 is 11.3 Å². The van der Waals surface area contributed by atoms with E-state index in [0.29, 0.717) is 29.2 Å². The smallest absolute Gasteiger partial charge is 0.308 e. The van der Waals surface area contributed by atoms with Crippen LogP contribution in [0, 0.1) is 5.92 Å². The van der Waals surface area contributed by atoms with Gasteiger partial charge in [0.05, 0.1) is 22.3 Å². The SMILES string of the molecule is CCOC(=O)[C@H](C)CC(Cc1ccc(-c2ccccc2)cc1)NC(=O)c1ccc(C=O)s1.CO. The first kappa shape index (κ1) is 27.0. The topological polar surface area (TPSA) is 92.7 Å². The summed E-state index contributed by atoms with van der Waals surface area (Å²) in [6.45, 7) is 3.91. The molecule has 7 heteroatoms. The average Bonchev–Trinajstić information content (AvgIpc) is 3.36. The fourth-order valence-electron chi connectivity index (χ4n) is 3.54. The Hall–Kier alpha value is -3.29. The number of aldehydes is 1. The number of esters is 1. The van der Waals surface area contributed by atoms with Gasteiger partial charge in [0.15, 0.2) is 6.29 Å². The molecule has 2 aromatic carbocycles. The van der Waals surface area contributed by atoms with Gasteiger partial charge in [-0.1, -0.05) is 61.5 Å². The number of carbonyl (C=O) groups excluding carboxylic acids is 3. The molecule has 0 radical (unpaired) electrons. The summed E-state index contributed by atoms with van der Waals surface area (Å²) in [5.74, 6) is -0.867. The van der Waals surface area contributed by atoms with Crippen LogP contribution in [0.3, 0.4) is 0 Å². The van der Waals surface area contributed by atoms with Gasteiger partial charge in [0, 0.05) is 13.2 Å². The Balaban J connectivity index is 0.00000199. The summed E-state index contributed by atoms with van der Waals surface area (Å²) in [5.41, 5.74) is 3.32. The number of nitrogens with one attached hydrogen (secondary N) is 1. The number of hydrogen-bond donors (Lipinski definition) is 2. The lowest BCUT2D eigenvalue weighted by Gasteiger charge is -2.22. The first-order valence-corrected chi connectivity index (χ1v) is 11.9. The van der Waals surface area contributed by atoms with Gasteiger partial charge in [-0.2, -0.15) is 0 Å². The van der Waals surface area contributed by atoms with E-state index in [2.05, 4.69) is 29.6 Å². The summed E-state index contributed by atoms with van der Waals surface area (Å²) in [6, 6.07) is 21.4. The van der Waals surface area contributed by atoms with Crippen molar-refractivity contribution in [3.05, 3.63) is 82.0 Å². The highest BCUT2D eigenvalue weighted by molar-refractivity contribution is 7.15. The van der Waals surface area contributed by atoms with Crippen molar-refractivity contribution in [3.63, 3.8) is 0 Å². The van der Waals surface area contributed by atoms with Gasteiger partial charge in [0.25, 0.3) is 5.91 Å². The summed E-state index contributed by atoms with van der Waals surface area (Å²) >= 11 is 1.15. The molecule has 1 heterocycles. The third-order valence-electron chi connectivity index (χ3n) is 5.17. The Bertz CT molecular complexity index is 1050. The molecule has 0 bridgehead atoms. The second-order valence-corrected chi connectivity index (χ2v) is 8.76. The molecule has 6 nitrogen and oxygen atoms in total. The number of thiophene rings is 1. The summed E-state index contributed by atoms with van der Waals surface area (Å²) in [6.07, 6.45) is 1.77. The van der Waals surface area contributed by atoms with Crippen LogP contribution in [-0.2, 0) is 16.0 Å². The first-order valence-electron chi connectivity index (χ1n) is 11.1. The van der Waals surface area contributed by atoms with Crippen molar-refractivity contribution in [1.29, 1.82) is 0 Å². The van der Waals surface area contributed by atoms with Gasteiger partial charge in [-0.05, 0) is 48.6 Å². The maximum absolute atomic E-state index is 12.8. The standard InChI is InChI=1S/C26H27NO4S.CH4O/c1-3-31-26(30)18(2)15-22(27-25(29)24-14-13-23(17-28)32-24)16-19-9-11-21(12-10-19)20-7-5-4-6-8-20;1-2/h4-14,17-18,22H,3,15-16H2,1-2H3,(H,27,29);2H,1H3/t18-,22?;/m1./s1. The van der Waals surface area contributed by atoms with Gasteiger partial charge >= 0.3 is 5.97 Å². The monoisotopic (exact) mass is 481 g/mol. The minimum atomic E-state index is -0.349. The summed E-state index contributed by atoms with van der Waals surface area (Å²) in [5, 5.41) is 10.0. The number of aliphatic hydroxyl groups is 1. The molecular formula is C27H31NO5S. The molecule has 3 aromatic rings. The van der Waals surface area contributed by atoms with E-state index in [1.165, 1.54) is 0 Å². The van der Waals surface area contributed by atoms with Crippen molar-refractivity contribution in [2.45, 2.75) is 32.7 Å². The summed E-state index contributed by atoms with van der Waals surface area (Å²) in [4.78, 5) is 36.8. The lowest BCUT2D eigenvalue weighted by atomic mass is 9.95. The second-order valence-electron chi connectivity index (χ2n) is 7.65. The molecule has 1 unspecified atom stereocenters. The number of hydrogen-bond acceptors (Lipinski definition) is 6. The van der Waals surface area contributed by atoms with Crippen LogP contribution < -0.4 is 5.32 Å². The highest BCUT2D eigenvalue weighted by Gasteiger charge is 2.23. The van der Waals surface area contributed by atoms with Crippen LogP contribution in [-0.4, -0.2) is 43.0 Å². The molecule has 0 fully saturated rings. The van der Waals surface area contributed by atoms with E-state index in [1.54, 1.807) is 19.1 Å². The van der Waals surface area contributed by atoms with Crippen LogP contribution in [0.4, 0.5) is 0 Å². The predicted octanol–water partition coefficient (Wildman–Crippen LogP) is 4.77. The van der Waals surface area contributed by atoms with Gasteiger partial charge in [0.2, 0.25) is 0 Å². The van der Waals surface area contributed by atoms with Gasteiger partial charge in [-0.15, -0.1) is 11.3 Å². The molecule has 34 heavy (non-hydrogen) atoms. The maximum atomic E-state index is 12.8. The number of rotatable bonds is 10. The number of carbonyl (C=O) groups is 3. The van der Waals surface area contributed by atoms with Crippen LogP contribution in [0.5, 0.6) is 0 Å². The zero-order chi connectivity index (χ0) is 24.9. The third kappa shape index (κ3) is 7.93. The summed E-state index contributed by atoms with van der Waals surface area (Å²) in [7, 11) is 1.00. The first-order chi connectivity index (χ1) is 16.5. The highest BCUT2D eigenvalue weighted by atomic mass is 32.1. The molecule has 1 amide bonds. The Morgan fingerprint density at radius 1 is 1.00 bits per heavy atom. The quantitative estimate of drug-likeness (QED) is 0.322. The molecule has 0 aliphatic rings. The van der Waals surface area contributed by atoms with E-state index >= 15 is 0 Å². The molecule has 1 aromatic heterocycles. The van der Waals surface area contributed by atoms with Crippen molar-refractivity contribution >= 4 is 29.5 Å². The van der Waals surface area contributed by atoms with Gasteiger partial charge in [-0.3, -0.25) is 14.4 Å². The van der Waals surface area contributed by atoms with E-state index in [4.69, 9.17) is 9.84 Å².